The zero-order chi connectivity index (χ0) is 8.32. The molecule has 1 saturated heterocycles. The predicted molar refractivity (Wildman–Crippen MR) is 44.7 cm³/mol. The molecule has 0 saturated carbocycles. The molecule has 1 heterocycles. The van der Waals surface area contributed by atoms with Gasteiger partial charge in [-0.3, -0.25) is 0 Å². The molecule has 0 aliphatic carbocycles. The van der Waals surface area contributed by atoms with Gasteiger partial charge in [-0.1, -0.05) is 13.3 Å². The van der Waals surface area contributed by atoms with Crippen LogP contribution >= 0.6 is 0 Å². The highest BCUT2D eigenvalue weighted by molar-refractivity contribution is 4.82. The van der Waals surface area contributed by atoms with E-state index < -0.39 is 0 Å². The largest absolute Gasteiger partial charge is 0.373 e. The molecule has 2 nitrogen and oxygen atoms in total. The van der Waals surface area contributed by atoms with Crippen LogP contribution in [0.25, 0.3) is 0 Å². The molecule has 0 N–H and O–H groups in total. The summed E-state index contributed by atoms with van der Waals surface area (Å²) in [6, 6.07) is 0. The highest BCUT2D eigenvalue weighted by atomic mass is 16.6. The van der Waals surface area contributed by atoms with Crippen molar-refractivity contribution in [2.45, 2.75) is 45.3 Å². The first-order valence-corrected chi connectivity index (χ1v) is 4.42. The average Bonchev–Trinajstić information content (AvgIpc) is 1.94. The lowest BCUT2D eigenvalue weighted by Gasteiger charge is -2.38. The molecule has 1 atom stereocenters. The first kappa shape index (κ1) is 9.01. The van der Waals surface area contributed by atoms with Crippen LogP contribution in [-0.4, -0.2) is 24.9 Å². The Labute approximate surface area is 68.9 Å². The Morgan fingerprint density at radius 1 is 1.36 bits per heavy atom. The van der Waals surface area contributed by atoms with E-state index in [1.807, 2.05) is 0 Å². The molecule has 0 radical (unpaired) electrons. The van der Waals surface area contributed by atoms with Crippen LogP contribution in [0.1, 0.15) is 33.6 Å². The maximum Gasteiger partial charge on any atom is 0.0888 e. The molecule has 1 aliphatic rings. The van der Waals surface area contributed by atoms with Crippen molar-refractivity contribution in [3.63, 3.8) is 0 Å². The summed E-state index contributed by atoms with van der Waals surface area (Å²) < 4.78 is 11.2. The molecular weight excluding hydrogens is 140 g/mol. The molecule has 0 aromatic rings. The smallest absolute Gasteiger partial charge is 0.0888 e. The van der Waals surface area contributed by atoms with Crippen LogP contribution in [0.3, 0.4) is 0 Å². The minimum atomic E-state index is -0.0751. The maximum atomic E-state index is 5.61. The lowest BCUT2D eigenvalue weighted by Crippen LogP contribution is -2.46. The minimum Gasteiger partial charge on any atom is -0.373 e. The third kappa shape index (κ3) is 2.17. The van der Waals surface area contributed by atoms with Gasteiger partial charge in [0.05, 0.1) is 24.9 Å². The van der Waals surface area contributed by atoms with Gasteiger partial charge < -0.3 is 9.47 Å². The minimum absolute atomic E-state index is 0.0751. The van der Waals surface area contributed by atoms with Crippen LogP contribution in [0.4, 0.5) is 0 Å². The summed E-state index contributed by atoms with van der Waals surface area (Å²) in [6.07, 6.45) is 2.56. The molecule has 0 aromatic heterocycles. The number of hydrogen-bond donors (Lipinski definition) is 0. The van der Waals surface area contributed by atoms with Crippen molar-refractivity contribution in [3.8, 4) is 0 Å². The molecule has 0 aromatic carbocycles. The van der Waals surface area contributed by atoms with Gasteiger partial charge in [0, 0.05) is 0 Å². The molecule has 66 valence electrons. The van der Waals surface area contributed by atoms with Gasteiger partial charge in [-0.15, -0.1) is 0 Å². The molecule has 0 bridgehead atoms. The maximum absolute atomic E-state index is 5.61. The van der Waals surface area contributed by atoms with Crippen molar-refractivity contribution < 1.29 is 9.47 Å². The Morgan fingerprint density at radius 2 is 2.09 bits per heavy atom. The fraction of sp³-hybridized carbons (Fsp3) is 1.00. The summed E-state index contributed by atoms with van der Waals surface area (Å²) in [5, 5.41) is 0. The first-order valence-electron chi connectivity index (χ1n) is 4.42. The highest BCUT2D eigenvalue weighted by Gasteiger charge is 2.33. The van der Waals surface area contributed by atoms with Gasteiger partial charge in [0.15, 0.2) is 0 Å². The second kappa shape index (κ2) is 3.55. The Bertz CT molecular complexity index is 119. The number of hydrogen-bond acceptors (Lipinski definition) is 2. The van der Waals surface area contributed by atoms with E-state index in [4.69, 9.17) is 9.47 Å². The molecule has 1 fully saturated rings. The summed E-state index contributed by atoms with van der Waals surface area (Å²) in [4.78, 5) is 0. The second-order valence-corrected chi connectivity index (χ2v) is 3.60. The van der Waals surface area contributed by atoms with Crippen LogP contribution < -0.4 is 0 Å². The Balaban J connectivity index is 2.45. The zero-order valence-corrected chi connectivity index (χ0v) is 7.72. The van der Waals surface area contributed by atoms with Crippen molar-refractivity contribution in [1.82, 2.24) is 0 Å². The van der Waals surface area contributed by atoms with E-state index in [0.29, 0.717) is 6.10 Å². The van der Waals surface area contributed by atoms with Gasteiger partial charge in [0.25, 0.3) is 0 Å². The molecule has 1 aliphatic heterocycles. The summed E-state index contributed by atoms with van der Waals surface area (Å²) in [7, 11) is 0. The van der Waals surface area contributed by atoms with Crippen molar-refractivity contribution in [2.75, 3.05) is 13.2 Å². The van der Waals surface area contributed by atoms with E-state index in [-0.39, 0.29) is 5.60 Å². The quantitative estimate of drug-likeness (QED) is 0.611. The molecule has 11 heavy (non-hydrogen) atoms. The fourth-order valence-electron chi connectivity index (χ4n) is 1.48. The van der Waals surface area contributed by atoms with Crippen molar-refractivity contribution in [1.29, 1.82) is 0 Å². The summed E-state index contributed by atoms with van der Waals surface area (Å²) in [6.45, 7) is 7.88. The van der Waals surface area contributed by atoms with E-state index in [9.17, 15) is 0 Å². The van der Waals surface area contributed by atoms with E-state index in [0.717, 1.165) is 26.1 Å². The van der Waals surface area contributed by atoms with Crippen molar-refractivity contribution in [2.24, 2.45) is 0 Å². The molecule has 0 amide bonds. The molecule has 1 unspecified atom stereocenters. The first-order chi connectivity index (χ1) is 5.17. The Kier molecular flexibility index (Phi) is 2.90. The monoisotopic (exact) mass is 158 g/mol. The van der Waals surface area contributed by atoms with Crippen LogP contribution in [0.2, 0.25) is 0 Å². The molecular formula is C9H18O2. The number of ether oxygens (including phenoxy) is 2. The van der Waals surface area contributed by atoms with E-state index in [1.54, 1.807) is 0 Å². The second-order valence-electron chi connectivity index (χ2n) is 3.60. The van der Waals surface area contributed by atoms with Crippen LogP contribution in [0, 0.1) is 0 Å². The normalized spacial score (nSPS) is 30.3. The molecule has 0 spiro atoms. The van der Waals surface area contributed by atoms with Gasteiger partial charge in [-0.2, -0.15) is 0 Å². The van der Waals surface area contributed by atoms with E-state index >= 15 is 0 Å². The number of rotatable bonds is 2. The van der Waals surface area contributed by atoms with Gasteiger partial charge >= 0.3 is 0 Å². The van der Waals surface area contributed by atoms with Gasteiger partial charge in [-0.05, 0) is 20.3 Å². The van der Waals surface area contributed by atoms with Crippen LogP contribution in [-0.2, 0) is 9.47 Å². The molecule has 2 heteroatoms. The third-order valence-electron chi connectivity index (χ3n) is 2.20. The van der Waals surface area contributed by atoms with Gasteiger partial charge in [0.2, 0.25) is 0 Å². The van der Waals surface area contributed by atoms with Gasteiger partial charge in [0.1, 0.15) is 0 Å². The molecule has 1 rings (SSSR count). The lowest BCUT2D eigenvalue weighted by atomic mass is 9.96. The van der Waals surface area contributed by atoms with Crippen molar-refractivity contribution in [3.05, 3.63) is 0 Å². The predicted octanol–water partition coefficient (Wildman–Crippen LogP) is 1.98. The fourth-order valence-corrected chi connectivity index (χ4v) is 1.48. The average molecular weight is 158 g/mol. The van der Waals surface area contributed by atoms with E-state index in [2.05, 4.69) is 20.8 Å². The topological polar surface area (TPSA) is 18.5 Å². The Morgan fingerprint density at radius 3 is 2.64 bits per heavy atom. The third-order valence-corrected chi connectivity index (χ3v) is 2.20. The summed E-state index contributed by atoms with van der Waals surface area (Å²) >= 11 is 0. The summed E-state index contributed by atoms with van der Waals surface area (Å²) in [5.41, 5.74) is -0.0751. The van der Waals surface area contributed by atoms with Crippen molar-refractivity contribution >= 4 is 0 Å². The van der Waals surface area contributed by atoms with Crippen LogP contribution in [0.5, 0.6) is 0 Å². The highest BCUT2D eigenvalue weighted by Crippen LogP contribution is 2.25. The summed E-state index contributed by atoms with van der Waals surface area (Å²) in [5.74, 6) is 0. The lowest BCUT2D eigenvalue weighted by molar-refractivity contribution is -0.188. The Hall–Kier alpha value is -0.0800. The van der Waals surface area contributed by atoms with Gasteiger partial charge in [-0.25, -0.2) is 0 Å². The van der Waals surface area contributed by atoms with Crippen LogP contribution in [0.15, 0.2) is 0 Å². The SMILES string of the molecule is CCCC1OCCOC1(C)C. The van der Waals surface area contributed by atoms with E-state index in [1.165, 1.54) is 0 Å². The zero-order valence-electron chi connectivity index (χ0n) is 7.72. The standard InChI is InChI=1S/C9H18O2/c1-4-5-8-9(2,3)11-7-6-10-8/h8H,4-7H2,1-3H3.